The van der Waals surface area contributed by atoms with Gasteiger partial charge in [0.05, 0.1) is 6.54 Å². The van der Waals surface area contributed by atoms with Crippen LogP contribution in [-0.2, 0) is 14.8 Å². The SMILES string of the molecule is CC(C)(C)CN1CCC2(CC1)CCN(S(=O)(=O)c1ccc(N3CCOC3=O)nc1)CC2. The molecule has 4 rings (SSSR count). The maximum absolute atomic E-state index is 13.1. The Labute approximate surface area is 185 Å². The Morgan fingerprint density at radius 2 is 1.68 bits per heavy atom. The molecule has 0 bridgehead atoms. The average Bonchev–Trinajstić information content (AvgIpc) is 3.15. The number of anilines is 1. The van der Waals surface area contributed by atoms with Crippen LogP contribution < -0.4 is 4.90 Å². The molecule has 9 heteroatoms. The summed E-state index contributed by atoms with van der Waals surface area (Å²) in [7, 11) is -3.58. The highest BCUT2D eigenvalue weighted by atomic mass is 32.2. The van der Waals surface area contributed by atoms with E-state index in [1.54, 1.807) is 16.4 Å². The fraction of sp³-hybridized carbons (Fsp3) is 0.727. The normalized spacial score (nSPS) is 23.3. The Balaban J connectivity index is 1.35. The van der Waals surface area contributed by atoms with E-state index in [0.29, 0.717) is 37.5 Å². The number of piperidine rings is 2. The van der Waals surface area contributed by atoms with Gasteiger partial charge in [0.15, 0.2) is 0 Å². The molecule has 3 aliphatic heterocycles. The van der Waals surface area contributed by atoms with Crippen LogP contribution in [0.4, 0.5) is 10.6 Å². The van der Waals surface area contributed by atoms with Crippen LogP contribution in [0.15, 0.2) is 23.2 Å². The zero-order valence-electron chi connectivity index (χ0n) is 18.8. The van der Waals surface area contributed by atoms with Gasteiger partial charge in [0.1, 0.15) is 17.3 Å². The van der Waals surface area contributed by atoms with Gasteiger partial charge in [-0.1, -0.05) is 20.8 Å². The molecule has 0 aliphatic carbocycles. The summed E-state index contributed by atoms with van der Waals surface area (Å²) in [5.74, 6) is 0.418. The fourth-order valence-electron chi connectivity index (χ4n) is 4.99. The Morgan fingerprint density at radius 1 is 1.03 bits per heavy atom. The number of hydrogen-bond donors (Lipinski definition) is 0. The van der Waals surface area contributed by atoms with E-state index >= 15 is 0 Å². The summed E-state index contributed by atoms with van der Waals surface area (Å²) in [4.78, 5) is 20.0. The van der Waals surface area contributed by atoms with Crippen molar-refractivity contribution < 1.29 is 17.9 Å². The van der Waals surface area contributed by atoms with Crippen molar-refractivity contribution in [2.24, 2.45) is 10.8 Å². The molecule has 0 unspecified atom stereocenters. The maximum Gasteiger partial charge on any atom is 0.415 e. The molecule has 8 nitrogen and oxygen atoms in total. The smallest absolute Gasteiger partial charge is 0.415 e. The topological polar surface area (TPSA) is 83.0 Å². The molecular formula is C22H34N4O4S. The first-order valence-corrected chi connectivity index (χ1v) is 12.7. The van der Waals surface area contributed by atoms with Crippen LogP contribution in [-0.4, -0.2) is 74.6 Å². The lowest BCUT2D eigenvalue weighted by Crippen LogP contribution is -2.49. The van der Waals surface area contributed by atoms with Gasteiger partial charge < -0.3 is 9.64 Å². The molecule has 1 aromatic heterocycles. The molecule has 1 aromatic rings. The molecule has 1 spiro atoms. The predicted octanol–water partition coefficient (Wildman–Crippen LogP) is 2.95. The number of pyridine rings is 1. The van der Waals surface area contributed by atoms with Gasteiger partial charge in [0, 0.05) is 25.8 Å². The van der Waals surface area contributed by atoms with Crippen LogP contribution in [0.25, 0.3) is 0 Å². The van der Waals surface area contributed by atoms with Crippen molar-refractivity contribution in [3.8, 4) is 0 Å². The molecule has 0 radical (unpaired) electrons. The second kappa shape index (κ2) is 8.33. The van der Waals surface area contributed by atoms with Crippen molar-refractivity contribution in [1.82, 2.24) is 14.2 Å². The second-order valence-corrected chi connectivity index (χ2v) is 12.3. The molecule has 0 saturated carbocycles. The first kappa shape index (κ1) is 22.5. The molecule has 3 saturated heterocycles. The number of cyclic esters (lactones) is 1. The number of hydrogen-bond acceptors (Lipinski definition) is 6. The molecule has 0 aromatic carbocycles. The van der Waals surface area contributed by atoms with Gasteiger partial charge in [-0.15, -0.1) is 0 Å². The summed E-state index contributed by atoms with van der Waals surface area (Å²) in [6.45, 7) is 12.0. The van der Waals surface area contributed by atoms with Gasteiger partial charge >= 0.3 is 6.09 Å². The lowest BCUT2D eigenvalue weighted by atomic mass is 9.71. The van der Waals surface area contributed by atoms with Crippen molar-refractivity contribution in [1.29, 1.82) is 0 Å². The van der Waals surface area contributed by atoms with Crippen LogP contribution >= 0.6 is 0 Å². The van der Waals surface area contributed by atoms with Crippen LogP contribution in [0.5, 0.6) is 0 Å². The Morgan fingerprint density at radius 3 is 2.19 bits per heavy atom. The average molecular weight is 451 g/mol. The molecule has 3 aliphatic rings. The molecule has 1 amide bonds. The van der Waals surface area contributed by atoms with Gasteiger partial charge in [-0.05, 0) is 61.7 Å². The summed E-state index contributed by atoms with van der Waals surface area (Å²) in [6, 6.07) is 3.12. The van der Waals surface area contributed by atoms with E-state index in [1.165, 1.54) is 11.1 Å². The number of carbonyl (C=O) groups is 1. The minimum absolute atomic E-state index is 0.180. The highest BCUT2D eigenvalue weighted by Crippen LogP contribution is 2.42. The van der Waals surface area contributed by atoms with Gasteiger partial charge in [-0.3, -0.25) is 4.90 Å². The molecule has 172 valence electrons. The third-order valence-electron chi connectivity index (χ3n) is 6.79. The number of nitrogens with zero attached hydrogens (tertiary/aromatic N) is 4. The molecule has 31 heavy (non-hydrogen) atoms. The lowest BCUT2D eigenvalue weighted by Gasteiger charge is -2.47. The third-order valence-corrected chi connectivity index (χ3v) is 8.68. The number of likely N-dealkylation sites (tertiary alicyclic amines) is 1. The Hall–Kier alpha value is -1.71. The number of aromatic nitrogens is 1. The van der Waals surface area contributed by atoms with E-state index in [2.05, 4.69) is 30.7 Å². The Kier molecular flexibility index (Phi) is 6.04. The zero-order valence-corrected chi connectivity index (χ0v) is 19.7. The van der Waals surface area contributed by atoms with Gasteiger partial charge in [0.25, 0.3) is 0 Å². The van der Waals surface area contributed by atoms with Crippen molar-refractivity contribution in [3.63, 3.8) is 0 Å². The minimum atomic E-state index is -3.58. The molecule has 0 N–H and O–H groups in total. The van der Waals surface area contributed by atoms with Crippen molar-refractivity contribution in [2.75, 3.05) is 50.8 Å². The quantitative estimate of drug-likeness (QED) is 0.701. The first-order valence-electron chi connectivity index (χ1n) is 11.2. The maximum atomic E-state index is 13.1. The molecule has 4 heterocycles. The number of amides is 1. The van der Waals surface area contributed by atoms with Crippen molar-refractivity contribution in [2.45, 2.75) is 51.3 Å². The van der Waals surface area contributed by atoms with Gasteiger partial charge in [-0.2, -0.15) is 4.31 Å². The van der Waals surface area contributed by atoms with Gasteiger partial charge in [-0.25, -0.2) is 18.2 Å². The number of rotatable bonds is 4. The Bertz CT molecular complexity index is 892. The number of sulfonamides is 1. The summed E-state index contributed by atoms with van der Waals surface area (Å²) >= 11 is 0. The number of carbonyl (C=O) groups excluding carboxylic acids is 1. The number of ether oxygens (including phenoxy) is 1. The summed E-state index contributed by atoms with van der Waals surface area (Å²) < 4.78 is 32.8. The van der Waals surface area contributed by atoms with Crippen molar-refractivity contribution in [3.05, 3.63) is 18.3 Å². The minimum Gasteiger partial charge on any atom is -0.447 e. The molecular weight excluding hydrogens is 416 g/mol. The molecule has 0 atom stereocenters. The largest absolute Gasteiger partial charge is 0.447 e. The van der Waals surface area contributed by atoms with E-state index in [9.17, 15) is 13.2 Å². The van der Waals surface area contributed by atoms with E-state index in [1.807, 2.05) is 0 Å². The third kappa shape index (κ3) is 4.88. The molecule has 3 fully saturated rings. The first-order chi connectivity index (χ1) is 14.6. The van der Waals surface area contributed by atoms with Crippen LogP contribution in [0.3, 0.4) is 0 Å². The van der Waals surface area contributed by atoms with E-state index in [4.69, 9.17) is 4.74 Å². The second-order valence-electron chi connectivity index (χ2n) is 10.4. The lowest BCUT2D eigenvalue weighted by molar-refractivity contribution is 0.0423. The van der Waals surface area contributed by atoms with Gasteiger partial charge in [0.2, 0.25) is 10.0 Å². The van der Waals surface area contributed by atoms with Crippen LogP contribution in [0.1, 0.15) is 46.5 Å². The van der Waals surface area contributed by atoms with Crippen LogP contribution in [0, 0.1) is 10.8 Å². The predicted molar refractivity (Wildman–Crippen MR) is 118 cm³/mol. The standard InChI is InChI=1S/C22H34N4O4S/c1-21(2,3)17-24-10-6-22(7-11-24)8-12-25(13-9-22)31(28,29)18-4-5-19(23-16-18)26-14-15-30-20(26)27/h4-5,16H,6-15,17H2,1-3H3. The summed E-state index contributed by atoms with van der Waals surface area (Å²) in [6.07, 6.45) is 5.05. The summed E-state index contributed by atoms with van der Waals surface area (Å²) in [5.41, 5.74) is 0.583. The monoisotopic (exact) mass is 450 g/mol. The highest BCUT2D eigenvalue weighted by molar-refractivity contribution is 7.89. The highest BCUT2D eigenvalue weighted by Gasteiger charge is 2.41. The van der Waals surface area contributed by atoms with Crippen molar-refractivity contribution >= 4 is 21.9 Å². The summed E-state index contributed by atoms with van der Waals surface area (Å²) in [5, 5.41) is 0. The zero-order chi connectivity index (χ0) is 22.3. The van der Waals surface area contributed by atoms with E-state index in [-0.39, 0.29) is 10.3 Å². The van der Waals surface area contributed by atoms with E-state index < -0.39 is 16.1 Å². The van der Waals surface area contributed by atoms with Crippen LogP contribution in [0.2, 0.25) is 0 Å². The fourth-order valence-corrected chi connectivity index (χ4v) is 6.38. The van der Waals surface area contributed by atoms with E-state index in [0.717, 1.165) is 45.3 Å².